The van der Waals surface area contributed by atoms with Crippen molar-refractivity contribution >= 4 is 5.91 Å². The highest BCUT2D eigenvalue weighted by Crippen LogP contribution is 2.13. The van der Waals surface area contributed by atoms with Crippen LogP contribution in [-0.2, 0) is 4.79 Å². The summed E-state index contributed by atoms with van der Waals surface area (Å²) < 4.78 is 0. The molecule has 0 saturated carbocycles. The molecule has 0 saturated heterocycles. The highest BCUT2D eigenvalue weighted by molar-refractivity contribution is 5.76. The summed E-state index contributed by atoms with van der Waals surface area (Å²) in [6.07, 6.45) is 19.5. The molecule has 0 rings (SSSR count). The van der Waals surface area contributed by atoms with Crippen molar-refractivity contribution in [1.82, 2.24) is 4.90 Å². The Morgan fingerprint density at radius 3 is 1.43 bits per heavy atom. The van der Waals surface area contributed by atoms with Gasteiger partial charge in [-0.3, -0.25) is 4.79 Å². The number of rotatable bonds is 17. The quantitative estimate of drug-likeness (QED) is 0.272. The number of nitrogens with zero attached hydrogens (tertiary/aromatic N) is 1. The summed E-state index contributed by atoms with van der Waals surface area (Å²) in [5.74, 6) is 0.359. The zero-order valence-electron chi connectivity index (χ0n) is 16.4. The van der Waals surface area contributed by atoms with Gasteiger partial charge in [-0.2, -0.15) is 0 Å². The number of unbranched alkanes of at least 4 members (excludes halogenated alkanes) is 12. The maximum absolute atomic E-state index is 12.0. The number of hydrogen-bond acceptors (Lipinski definition) is 1. The fourth-order valence-corrected chi connectivity index (χ4v) is 3.18. The molecule has 23 heavy (non-hydrogen) atoms. The van der Waals surface area contributed by atoms with Crippen molar-refractivity contribution in [2.24, 2.45) is 0 Å². The summed E-state index contributed by atoms with van der Waals surface area (Å²) in [4.78, 5) is 14.0. The zero-order valence-corrected chi connectivity index (χ0v) is 16.4. The van der Waals surface area contributed by atoms with E-state index < -0.39 is 0 Å². The molecule has 0 heterocycles. The van der Waals surface area contributed by atoms with Gasteiger partial charge in [0.05, 0.1) is 0 Å². The first-order valence-corrected chi connectivity index (χ1v) is 10.5. The van der Waals surface area contributed by atoms with Gasteiger partial charge in [-0.25, -0.2) is 0 Å². The lowest BCUT2D eigenvalue weighted by atomic mass is 10.0. The normalized spacial score (nSPS) is 10.9. The number of amides is 1. The Bertz CT molecular complexity index is 252. The fourth-order valence-electron chi connectivity index (χ4n) is 3.18. The number of carbonyl (C=O) groups is 1. The number of carbonyl (C=O) groups excluding carboxylic acids is 1. The van der Waals surface area contributed by atoms with Crippen LogP contribution in [0.15, 0.2) is 0 Å². The van der Waals surface area contributed by atoms with Gasteiger partial charge in [0.1, 0.15) is 0 Å². The van der Waals surface area contributed by atoms with Crippen molar-refractivity contribution in [2.45, 2.75) is 117 Å². The van der Waals surface area contributed by atoms with Gasteiger partial charge >= 0.3 is 0 Å². The summed E-state index contributed by atoms with van der Waals surface area (Å²) in [5, 5.41) is 0. The maximum Gasteiger partial charge on any atom is 0.222 e. The molecule has 138 valence electrons. The molecule has 0 fully saturated rings. The predicted molar refractivity (Wildman–Crippen MR) is 103 cm³/mol. The van der Waals surface area contributed by atoms with Gasteiger partial charge in [-0.1, -0.05) is 90.9 Å². The smallest absolute Gasteiger partial charge is 0.222 e. The van der Waals surface area contributed by atoms with Crippen molar-refractivity contribution in [3.05, 3.63) is 0 Å². The average molecular weight is 326 g/mol. The summed E-state index contributed by atoms with van der Waals surface area (Å²) in [6, 6.07) is 0. The Kier molecular flexibility index (Phi) is 17.4. The van der Waals surface area contributed by atoms with E-state index >= 15 is 0 Å². The molecule has 1 amide bonds. The number of hydrogen-bond donors (Lipinski definition) is 0. The van der Waals surface area contributed by atoms with E-state index in [2.05, 4.69) is 20.8 Å². The first kappa shape index (κ1) is 22.5. The van der Waals surface area contributed by atoms with E-state index in [0.717, 1.165) is 32.4 Å². The molecule has 0 aliphatic rings. The zero-order chi connectivity index (χ0) is 17.2. The van der Waals surface area contributed by atoms with E-state index in [1.165, 1.54) is 77.0 Å². The first-order chi connectivity index (χ1) is 11.3. The molecule has 0 bridgehead atoms. The van der Waals surface area contributed by atoms with Crippen LogP contribution in [-0.4, -0.2) is 23.9 Å². The van der Waals surface area contributed by atoms with E-state index in [9.17, 15) is 4.79 Å². The highest BCUT2D eigenvalue weighted by Gasteiger charge is 2.09. The van der Waals surface area contributed by atoms with Crippen LogP contribution in [0, 0.1) is 0 Å². The Morgan fingerprint density at radius 1 is 0.609 bits per heavy atom. The van der Waals surface area contributed by atoms with Crippen LogP contribution in [0.1, 0.15) is 117 Å². The molecule has 0 atom stereocenters. The Morgan fingerprint density at radius 2 is 1.04 bits per heavy atom. The molecule has 0 aromatic heterocycles. The highest BCUT2D eigenvalue weighted by atomic mass is 16.2. The molecule has 0 N–H and O–H groups in total. The lowest BCUT2D eigenvalue weighted by molar-refractivity contribution is -0.131. The minimum absolute atomic E-state index is 0.359. The lowest BCUT2D eigenvalue weighted by Gasteiger charge is -2.19. The van der Waals surface area contributed by atoms with E-state index in [4.69, 9.17) is 0 Å². The third-order valence-corrected chi connectivity index (χ3v) is 4.72. The Labute approximate surface area is 146 Å². The minimum Gasteiger partial charge on any atom is -0.343 e. The van der Waals surface area contributed by atoms with Crippen LogP contribution in [0.4, 0.5) is 0 Å². The van der Waals surface area contributed by atoms with Crippen molar-refractivity contribution in [3.8, 4) is 0 Å². The van der Waals surface area contributed by atoms with Crippen molar-refractivity contribution < 1.29 is 4.79 Å². The molecule has 0 unspecified atom stereocenters. The largest absolute Gasteiger partial charge is 0.343 e. The van der Waals surface area contributed by atoms with Gasteiger partial charge in [0, 0.05) is 19.5 Å². The van der Waals surface area contributed by atoms with Crippen molar-refractivity contribution in [3.63, 3.8) is 0 Å². The maximum atomic E-state index is 12.0. The predicted octanol–water partition coefficient (Wildman–Crippen LogP) is 6.73. The van der Waals surface area contributed by atoms with Gasteiger partial charge in [0.2, 0.25) is 5.91 Å². The molecule has 0 aromatic rings. The first-order valence-electron chi connectivity index (χ1n) is 10.5. The van der Waals surface area contributed by atoms with Gasteiger partial charge in [-0.15, -0.1) is 0 Å². The molecule has 0 aromatic carbocycles. The van der Waals surface area contributed by atoms with Crippen LogP contribution < -0.4 is 0 Å². The molecule has 2 heteroatoms. The van der Waals surface area contributed by atoms with Gasteiger partial charge in [0.25, 0.3) is 0 Å². The Balaban J connectivity index is 3.25. The molecule has 0 radical (unpaired) electrons. The van der Waals surface area contributed by atoms with Crippen LogP contribution in [0.5, 0.6) is 0 Å². The van der Waals surface area contributed by atoms with E-state index in [1.807, 2.05) is 4.90 Å². The summed E-state index contributed by atoms with van der Waals surface area (Å²) in [6.45, 7) is 8.29. The van der Waals surface area contributed by atoms with Crippen LogP contribution in [0.3, 0.4) is 0 Å². The van der Waals surface area contributed by atoms with Crippen molar-refractivity contribution in [2.75, 3.05) is 13.1 Å². The second kappa shape index (κ2) is 17.8. The van der Waals surface area contributed by atoms with Crippen LogP contribution >= 0.6 is 0 Å². The van der Waals surface area contributed by atoms with Crippen molar-refractivity contribution in [1.29, 1.82) is 0 Å². The third kappa shape index (κ3) is 14.8. The SMILES string of the molecule is CCCCCCCCCCCCCCCC(=O)N(CC)CCC. The molecule has 2 nitrogen and oxygen atoms in total. The summed E-state index contributed by atoms with van der Waals surface area (Å²) >= 11 is 0. The minimum atomic E-state index is 0.359. The Hall–Kier alpha value is -0.530. The van der Waals surface area contributed by atoms with E-state index in [0.29, 0.717) is 5.91 Å². The van der Waals surface area contributed by atoms with Crippen LogP contribution in [0.25, 0.3) is 0 Å². The topological polar surface area (TPSA) is 20.3 Å². The third-order valence-electron chi connectivity index (χ3n) is 4.72. The van der Waals surface area contributed by atoms with E-state index in [-0.39, 0.29) is 0 Å². The summed E-state index contributed by atoms with van der Waals surface area (Å²) in [7, 11) is 0. The van der Waals surface area contributed by atoms with Crippen LogP contribution in [0.2, 0.25) is 0 Å². The van der Waals surface area contributed by atoms with E-state index in [1.54, 1.807) is 0 Å². The molecular weight excluding hydrogens is 282 g/mol. The standard InChI is InChI=1S/C21H43NO/c1-4-7-8-9-10-11-12-13-14-15-16-17-18-19-21(23)22(6-3)20-5-2/h4-20H2,1-3H3. The van der Waals surface area contributed by atoms with Gasteiger partial charge < -0.3 is 4.90 Å². The molecular formula is C21H43NO. The lowest BCUT2D eigenvalue weighted by Crippen LogP contribution is -2.31. The van der Waals surface area contributed by atoms with Gasteiger partial charge in [-0.05, 0) is 19.8 Å². The molecule has 0 spiro atoms. The molecule has 0 aliphatic carbocycles. The second-order valence-corrected chi connectivity index (χ2v) is 6.97. The van der Waals surface area contributed by atoms with Gasteiger partial charge in [0.15, 0.2) is 0 Å². The summed E-state index contributed by atoms with van der Waals surface area (Å²) in [5.41, 5.74) is 0. The second-order valence-electron chi connectivity index (χ2n) is 6.97. The average Bonchev–Trinajstić information content (AvgIpc) is 2.56. The fraction of sp³-hybridized carbons (Fsp3) is 0.952. The molecule has 0 aliphatic heterocycles. The monoisotopic (exact) mass is 325 g/mol.